The lowest BCUT2D eigenvalue weighted by atomic mass is 9.81. The summed E-state index contributed by atoms with van der Waals surface area (Å²) in [6, 6.07) is 25.3. The van der Waals surface area contributed by atoms with E-state index in [1.165, 1.54) is 29.5 Å². The Kier molecular flexibility index (Phi) is 9.32. The number of nitrogens with one attached hydrogen (secondary N) is 2. The first kappa shape index (κ1) is 26.1. The minimum atomic E-state index is -0.309. The molecule has 0 saturated heterocycles. The van der Waals surface area contributed by atoms with Crippen molar-refractivity contribution in [3.05, 3.63) is 95.1 Å². The van der Waals surface area contributed by atoms with Gasteiger partial charge >= 0.3 is 0 Å². The second-order valence-corrected chi connectivity index (χ2v) is 10.00. The standard InChI is InChI=1S/C32H40N2O2/c1-4-21-33-28-18-19-30-27(22-28)11-8-12-29(30)23(2)13-20-31(36-3)34-32(35)26-16-14-25(15-17-26)24-9-6-5-7-10-24/h5-12,14-17,23,28,31,33H,4,13,18-22H2,1-3H3,(H,34,35)/t23?,28-,31?/m0/s1. The van der Waals surface area contributed by atoms with Gasteiger partial charge in [0.1, 0.15) is 6.23 Å². The molecule has 0 fully saturated rings. The van der Waals surface area contributed by atoms with E-state index in [2.05, 4.69) is 54.8 Å². The van der Waals surface area contributed by atoms with Gasteiger partial charge in [-0.3, -0.25) is 4.79 Å². The molecule has 3 aromatic carbocycles. The van der Waals surface area contributed by atoms with Crippen molar-refractivity contribution in [2.45, 2.75) is 70.6 Å². The predicted octanol–water partition coefficient (Wildman–Crippen LogP) is 6.50. The Morgan fingerprint density at radius 3 is 2.44 bits per heavy atom. The van der Waals surface area contributed by atoms with Crippen LogP contribution in [0.5, 0.6) is 0 Å². The first-order valence-electron chi connectivity index (χ1n) is 13.4. The normalized spacial score (nSPS) is 16.7. The van der Waals surface area contributed by atoms with E-state index in [1.807, 2.05) is 42.5 Å². The third-order valence-corrected chi connectivity index (χ3v) is 7.42. The summed E-state index contributed by atoms with van der Waals surface area (Å²) in [4.78, 5) is 12.9. The Morgan fingerprint density at radius 1 is 0.972 bits per heavy atom. The van der Waals surface area contributed by atoms with E-state index >= 15 is 0 Å². The van der Waals surface area contributed by atoms with Gasteiger partial charge in [0.05, 0.1) is 0 Å². The highest BCUT2D eigenvalue weighted by molar-refractivity contribution is 5.94. The van der Waals surface area contributed by atoms with E-state index in [1.54, 1.807) is 7.11 Å². The quantitative estimate of drug-likeness (QED) is 0.306. The first-order valence-corrected chi connectivity index (χ1v) is 13.4. The van der Waals surface area contributed by atoms with E-state index in [0.717, 1.165) is 43.4 Å². The number of rotatable bonds is 11. The molecule has 0 aromatic heterocycles. The smallest absolute Gasteiger partial charge is 0.253 e. The summed E-state index contributed by atoms with van der Waals surface area (Å²) < 4.78 is 5.65. The summed E-state index contributed by atoms with van der Waals surface area (Å²) in [5.74, 6) is 0.316. The molecule has 1 aliphatic carbocycles. The monoisotopic (exact) mass is 484 g/mol. The van der Waals surface area contributed by atoms with Gasteiger partial charge in [-0.1, -0.05) is 74.5 Å². The number of ether oxygens (including phenoxy) is 1. The average molecular weight is 485 g/mol. The zero-order valence-electron chi connectivity index (χ0n) is 21.9. The fraction of sp³-hybridized carbons (Fsp3) is 0.406. The molecular weight excluding hydrogens is 444 g/mol. The SMILES string of the molecule is CCCN[C@H]1CCc2c(cccc2C(C)CCC(NC(=O)c2ccc(-c3ccccc3)cc2)OC)C1. The van der Waals surface area contributed by atoms with Gasteiger partial charge in [-0.25, -0.2) is 0 Å². The summed E-state index contributed by atoms with van der Waals surface area (Å²) in [5.41, 5.74) is 7.38. The molecule has 0 aliphatic heterocycles. The number of fused-ring (bicyclic) bond motifs is 1. The Morgan fingerprint density at radius 2 is 1.72 bits per heavy atom. The van der Waals surface area contributed by atoms with Crippen LogP contribution in [0.3, 0.4) is 0 Å². The third kappa shape index (κ3) is 6.63. The van der Waals surface area contributed by atoms with Crippen LogP contribution in [0.2, 0.25) is 0 Å². The fourth-order valence-electron chi connectivity index (χ4n) is 5.30. The molecule has 190 valence electrons. The Balaban J connectivity index is 1.33. The maximum atomic E-state index is 12.9. The minimum Gasteiger partial charge on any atom is -0.362 e. The Bertz CT molecular complexity index is 1110. The van der Waals surface area contributed by atoms with E-state index in [-0.39, 0.29) is 12.1 Å². The average Bonchev–Trinajstić information content (AvgIpc) is 2.93. The number of carbonyl (C=O) groups is 1. The fourth-order valence-corrected chi connectivity index (χ4v) is 5.30. The van der Waals surface area contributed by atoms with Crippen molar-refractivity contribution in [2.75, 3.05) is 13.7 Å². The van der Waals surface area contributed by atoms with Crippen LogP contribution < -0.4 is 10.6 Å². The van der Waals surface area contributed by atoms with E-state index < -0.39 is 0 Å². The molecular formula is C32H40N2O2. The molecule has 3 atom stereocenters. The van der Waals surface area contributed by atoms with Gasteiger partial charge in [-0.05, 0) is 90.9 Å². The van der Waals surface area contributed by atoms with Crippen molar-refractivity contribution in [3.8, 4) is 11.1 Å². The first-order chi connectivity index (χ1) is 17.6. The summed E-state index contributed by atoms with van der Waals surface area (Å²) in [6.45, 7) is 5.62. The highest BCUT2D eigenvalue weighted by atomic mass is 16.5. The Labute approximate surface area is 216 Å². The molecule has 2 N–H and O–H groups in total. The zero-order valence-corrected chi connectivity index (χ0v) is 21.9. The van der Waals surface area contributed by atoms with Crippen molar-refractivity contribution in [1.29, 1.82) is 0 Å². The molecule has 4 heteroatoms. The van der Waals surface area contributed by atoms with Gasteiger partial charge in [0.2, 0.25) is 0 Å². The lowest BCUT2D eigenvalue weighted by Gasteiger charge is -2.29. The number of hydrogen-bond acceptors (Lipinski definition) is 3. The maximum absolute atomic E-state index is 12.9. The molecule has 0 saturated carbocycles. The molecule has 0 spiro atoms. The van der Waals surface area contributed by atoms with Crippen LogP contribution in [-0.4, -0.2) is 31.8 Å². The van der Waals surface area contributed by atoms with Gasteiger partial charge < -0.3 is 15.4 Å². The number of methoxy groups -OCH3 is 1. The van der Waals surface area contributed by atoms with Crippen molar-refractivity contribution in [1.82, 2.24) is 10.6 Å². The lowest BCUT2D eigenvalue weighted by molar-refractivity contribution is 0.0521. The van der Waals surface area contributed by atoms with Crippen LogP contribution in [0.25, 0.3) is 11.1 Å². The number of benzene rings is 3. The van der Waals surface area contributed by atoms with Gasteiger partial charge in [0.25, 0.3) is 5.91 Å². The van der Waals surface area contributed by atoms with Crippen LogP contribution in [0.15, 0.2) is 72.8 Å². The van der Waals surface area contributed by atoms with Gasteiger partial charge in [-0.15, -0.1) is 0 Å². The highest BCUT2D eigenvalue weighted by Gasteiger charge is 2.23. The van der Waals surface area contributed by atoms with E-state index in [0.29, 0.717) is 17.5 Å². The number of hydrogen-bond donors (Lipinski definition) is 2. The molecule has 4 rings (SSSR count). The van der Waals surface area contributed by atoms with Crippen molar-refractivity contribution in [3.63, 3.8) is 0 Å². The maximum Gasteiger partial charge on any atom is 0.253 e. The number of amides is 1. The topological polar surface area (TPSA) is 50.4 Å². The molecule has 36 heavy (non-hydrogen) atoms. The molecule has 0 bridgehead atoms. The van der Waals surface area contributed by atoms with Gasteiger partial charge in [0, 0.05) is 18.7 Å². The molecule has 0 heterocycles. The second kappa shape index (κ2) is 12.8. The summed E-state index contributed by atoms with van der Waals surface area (Å²) >= 11 is 0. The molecule has 0 radical (unpaired) electrons. The van der Waals surface area contributed by atoms with Gasteiger partial charge in [-0.2, -0.15) is 0 Å². The van der Waals surface area contributed by atoms with E-state index in [9.17, 15) is 4.79 Å². The molecule has 3 aromatic rings. The van der Waals surface area contributed by atoms with E-state index in [4.69, 9.17) is 4.74 Å². The van der Waals surface area contributed by atoms with Crippen molar-refractivity contribution in [2.24, 2.45) is 0 Å². The van der Waals surface area contributed by atoms with Crippen LogP contribution in [0, 0.1) is 0 Å². The summed E-state index contributed by atoms with van der Waals surface area (Å²) in [7, 11) is 1.67. The van der Waals surface area contributed by atoms with Gasteiger partial charge in [0.15, 0.2) is 0 Å². The summed E-state index contributed by atoms with van der Waals surface area (Å²) in [6.07, 6.45) is 6.06. The predicted molar refractivity (Wildman–Crippen MR) is 148 cm³/mol. The zero-order chi connectivity index (χ0) is 25.3. The highest BCUT2D eigenvalue weighted by Crippen LogP contribution is 2.32. The molecule has 1 amide bonds. The molecule has 1 aliphatic rings. The van der Waals surface area contributed by atoms with Crippen molar-refractivity contribution < 1.29 is 9.53 Å². The lowest BCUT2D eigenvalue weighted by Crippen LogP contribution is -2.36. The van der Waals surface area contributed by atoms with Crippen LogP contribution >= 0.6 is 0 Å². The van der Waals surface area contributed by atoms with Crippen LogP contribution in [-0.2, 0) is 17.6 Å². The van der Waals surface area contributed by atoms with Crippen LogP contribution in [0.1, 0.15) is 72.5 Å². The summed E-state index contributed by atoms with van der Waals surface area (Å²) in [5, 5.41) is 6.76. The van der Waals surface area contributed by atoms with Crippen LogP contribution in [0.4, 0.5) is 0 Å². The van der Waals surface area contributed by atoms with Crippen molar-refractivity contribution >= 4 is 5.91 Å². The third-order valence-electron chi connectivity index (χ3n) is 7.42. The minimum absolute atomic E-state index is 0.100. The number of carbonyl (C=O) groups excluding carboxylic acids is 1. The largest absolute Gasteiger partial charge is 0.362 e. The Hall–Kier alpha value is -2.95. The molecule has 2 unspecified atom stereocenters. The second-order valence-electron chi connectivity index (χ2n) is 10.00. The molecule has 4 nitrogen and oxygen atoms in total.